The van der Waals surface area contributed by atoms with E-state index >= 15 is 0 Å². The molecule has 4 rings (SSSR count). The van der Waals surface area contributed by atoms with Gasteiger partial charge in [0.1, 0.15) is 17.4 Å². The van der Waals surface area contributed by atoms with Gasteiger partial charge in [0.05, 0.1) is 0 Å². The largest absolute Gasteiger partial charge is 0.368 e. The van der Waals surface area contributed by atoms with E-state index in [1.54, 1.807) is 6.33 Å². The molecule has 2 aromatic heterocycles. The minimum Gasteiger partial charge on any atom is -0.368 e. The van der Waals surface area contributed by atoms with Crippen LogP contribution in [0.5, 0.6) is 0 Å². The standard InChI is InChI=1S/C17H26N8OS/c1-2-3-19-15-13-14(20-12-21-15)16(24-8-10-27(26)11-9-24)23-17(22-13)25-6-4-18-5-7-25/h12,18H,2-11H2,1H3,(H,19,20,21). The summed E-state index contributed by atoms with van der Waals surface area (Å²) < 4.78 is 11.8. The third-order valence-electron chi connectivity index (χ3n) is 4.87. The van der Waals surface area contributed by atoms with E-state index in [2.05, 4.69) is 37.3 Å². The molecule has 0 aromatic carbocycles. The van der Waals surface area contributed by atoms with Gasteiger partial charge in [-0.3, -0.25) is 4.21 Å². The van der Waals surface area contributed by atoms with Crippen molar-refractivity contribution in [1.29, 1.82) is 0 Å². The molecule has 4 heterocycles. The Hall–Kier alpha value is -2.07. The van der Waals surface area contributed by atoms with E-state index in [1.165, 1.54) is 0 Å². The van der Waals surface area contributed by atoms with Gasteiger partial charge >= 0.3 is 0 Å². The quantitative estimate of drug-likeness (QED) is 0.743. The third-order valence-corrected chi connectivity index (χ3v) is 6.15. The Morgan fingerprint density at radius 1 is 1.07 bits per heavy atom. The predicted molar refractivity (Wildman–Crippen MR) is 109 cm³/mol. The van der Waals surface area contributed by atoms with Crippen molar-refractivity contribution in [1.82, 2.24) is 25.3 Å². The van der Waals surface area contributed by atoms with Crippen molar-refractivity contribution in [2.45, 2.75) is 13.3 Å². The molecule has 0 spiro atoms. The molecule has 0 atom stereocenters. The molecule has 0 unspecified atom stereocenters. The number of nitrogens with zero attached hydrogens (tertiary/aromatic N) is 6. The highest BCUT2D eigenvalue weighted by atomic mass is 32.2. The molecular weight excluding hydrogens is 364 g/mol. The number of aromatic nitrogens is 4. The molecule has 10 heteroatoms. The molecule has 0 saturated carbocycles. The number of nitrogens with one attached hydrogen (secondary N) is 2. The predicted octanol–water partition coefficient (Wildman–Crippen LogP) is 0.220. The van der Waals surface area contributed by atoms with Gasteiger partial charge < -0.3 is 20.4 Å². The topological polar surface area (TPSA) is 99.2 Å². The third kappa shape index (κ3) is 3.96. The van der Waals surface area contributed by atoms with Gasteiger partial charge in [0.25, 0.3) is 0 Å². The van der Waals surface area contributed by atoms with Crippen molar-refractivity contribution >= 4 is 39.4 Å². The van der Waals surface area contributed by atoms with Gasteiger partial charge in [0.15, 0.2) is 11.6 Å². The van der Waals surface area contributed by atoms with Gasteiger partial charge in [-0.15, -0.1) is 0 Å². The van der Waals surface area contributed by atoms with E-state index in [0.29, 0.717) is 11.5 Å². The van der Waals surface area contributed by atoms with Crippen LogP contribution in [0.4, 0.5) is 17.6 Å². The van der Waals surface area contributed by atoms with E-state index < -0.39 is 10.8 Å². The first-order valence-electron chi connectivity index (χ1n) is 9.58. The van der Waals surface area contributed by atoms with E-state index in [0.717, 1.165) is 80.9 Å². The lowest BCUT2D eigenvalue weighted by Crippen LogP contribution is -2.44. The fourth-order valence-corrected chi connectivity index (χ4v) is 4.42. The molecule has 27 heavy (non-hydrogen) atoms. The monoisotopic (exact) mass is 390 g/mol. The highest BCUT2D eigenvalue weighted by Crippen LogP contribution is 2.29. The van der Waals surface area contributed by atoms with Crippen molar-refractivity contribution in [3.63, 3.8) is 0 Å². The first-order chi connectivity index (χ1) is 13.3. The maximum absolute atomic E-state index is 11.8. The summed E-state index contributed by atoms with van der Waals surface area (Å²) >= 11 is 0. The molecule has 0 radical (unpaired) electrons. The summed E-state index contributed by atoms with van der Waals surface area (Å²) in [5.74, 6) is 3.63. The fourth-order valence-electron chi connectivity index (χ4n) is 3.37. The molecule has 2 N–H and O–H groups in total. The summed E-state index contributed by atoms with van der Waals surface area (Å²) in [7, 11) is -0.736. The summed E-state index contributed by atoms with van der Waals surface area (Å²) in [4.78, 5) is 23.0. The van der Waals surface area contributed by atoms with Crippen molar-refractivity contribution in [2.24, 2.45) is 0 Å². The number of fused-ring (bicyclic) bond motifs is 1. The van der Waals surface area contributed by atoms with Crippen LogP contribution in [0, 0.1) is 0 Å². The Morgan fingerprint density at radius 2 is 1.85 bits per heavy atom. The minimum absolute atomic E-state index is 0.667. The molecular formula is C17H26N8OS. The van der Waals surface area contributed by atoms with Crippen LogP contribution in [0.2, 0.25) is 0 Å². The van der Waals surface area contributed by atoms with Crippen LogP contribution in [0.15, 0.2) is 6.33 Å². The Kier molecular flexibility index (Phi) is 5.63. The van der Waals surface area contributed by atoms with Gasteiger partial charge in [-0.2, -0.15) is 4.98 Å². The SMILES string of the molecule is CCCNc1ncnc2c(N3CCS(=O)CC3)nc(N3CCNCC3)nc12. The van der Waals surface area contributed by atoms with E-state index in [1.807, 2.05) is 0 Å². The summed E-state index contributed by atoms with van der Waals surface area (Å²) in [6.45, 7) is 7.99. The van der Waals surface area contributed by atoms with Crippen molar-refractivity contribution in [2.75, 3.05) is 72.4 Å². The average molecular weight is 391 g/mol. The first kappa shape index (κ1) is 18.3. The molecule has 2 aromatic rings. The maximum atomic E-state index is 11.8. The number of hydrogen-bond donors (Lipinski definition) is 2. The number of piperazine rings is 1. The van der Waals surface area contributed by atoms with Gasteiger partial charge in [-0.05, 0) is 6.42 Å². The lowest BCUT2D eigenvalue weighted by molar-refractivity contribution is 0.580. The van der Waals surface area contributed by atoms with Gasteiger partial charge in [0, 0.05) is 68.1 Å². The van der Waals surface area contributed by atoms with Crippen LogP contribution in [-0.2, 0) is 10.8 Å². The van der Waals surface area contributed by atoms with Crippen LogP contribution in [0.25, 0.3) is 11.0 Å². The highest BCUT2D eigenvalue weighted by Gasteiger charge is 2.24. The van der Waals surface area contributed by atoms with Crippen molar-refractivity contribution in [3.05, 3.63) is 6.33 Å². The summed E-state index contributed by atoms with van der Waals surface area (Å²) in [5, 5.41) is 6.73. The molecule has 0 bridgehead atoms. The molecule has 2 saturated heterocycles. The Morgan fingerprint density at radius 3 is 2.59 bits per heavy atom. The van der Waals surface area contributed by atoms with Gasteiger partial charge in [0.2, 0.25) is 5.95 Å². The number of rotatable bonds is 5. The summed E-state index contributed by atoms with van der Waals surface area (Å²) in [6, 6.07) is 0. The van der Waals surface area contributed by atoms with Crippen LogP contribution in [0.1, 0.15) is 13.3 Å². The molecule has 0 aliphatic carbocycles. The average Bonchev–Trinajstić information content (AvgIpc) is 2.72. The molecule has 0 amide bonds. The molecule has 146 valence electrons. The minimum atomic E-state index is -0.736. The summed E-state index contributed by atoms with van der Waals surface area (Å²) in [6.07, 6.45) is 2.58. The Bertz CT molecular complexity index is 816. The maximum Gasteiger partial charge on any atom is 0.228 e. The van der Waals surface area contributed by atoms with Crippen molar-refractivity contribution < 1.29 is 4.21 Å². The normalized spacial score (nSPS) is 18.9. The zero-order valence-corrected chi connectivity index (χ0v) is 16.5. The van der Waals surface area contributed by atoms with E-state index in [-0.39, 0.29) is 0 Å². The highest BCUT2D eigenvalue weighted by molar-refractivity contribution is 7.85. The second-order valence-electron chi connectivity index (χ2n) is 6.77. The zero-order chi connectivity index (χ0) is 18.6. The second-order valence-corrected chi connectivity index (χ2v) is 8.46. The first-order valence-corrected chi connectivity index (χ1v) is 11.1. The lowest BCUT2D eigenvalue weighted by Gasteiger charge is -2.31. The van der Waals surface area contributed by atoms with Crippen LogP contribution in [-0.4, -0.2) is 81.5 Å². The van der Waals surface area contributed by atoms with Crippen LogP contribution in [0.3, 0.4) is 0 Å². The molecule has 2 aliphatic heterocycles. The Balaban J connectivity index is 1.79. The van der Waals surface area contributed by atoms with Gasteiger partial charge in [-0.1, -0.05) is 6.92 Å². The zero-order valence-electron chi connectivity index (χ0n) is 15.6. The molecule has 2 fully saturated rings. The van der Waals surface area contributed by atoms with E-state index in [4.69, 9.17) is 9.97 Å². The molecule has 9 nitrogen and oxygen atoms in total. The van der Waals surface area contributed by atoms with Gasteiger partial charge in [-0.25, -0.2) is 15.0 Å². The summed E-state index contributed by atoms with van der Waals surface area (Å²) in [5.41, 5.74) is 1.52. The number of anilines is 3. The lowest BCUT2D eigenvalue weighted by atomic mass is 10.3. The Labute approximate surface area is 161 Å². The van der Waals surface area contributed by atoms with E-state index in [9.17, 15) is 4.21 Å². The molecule has 2 aliphatic rings. The van der Waals surface area contributed by atoms with Crippen LogP contribution >= 0.6 is 0 Å². The smallest absolute Gasteiger partial charge is 0.228 e. The number of hydrogen-bond acceptors (Lipinski definition) is 9. The van der Waals surface area contributed by atoms with Crippen LogP contribution < -0.4 is 20.4 Å². The fraction of sp³-hybridized carbons (Fsp3) is 0.647. The van der Waals surface area contributed by atoms with Crippen molar-refractivity contribution in [3.8, 4) is 0 Å². The second kappa shape index (κ2) is 8.30.